The minimum absolute atomic E-state index is 0.810. The molecule has 0 aromatic carbocycles. The van der Waals surface area contributed by atoms with E-state index in [1.807, 2.05) is 12.4 Å². The van der Waals surface area contributed by atoms with Crippen molar-refractivity contribution in [2.24, 2.45) is 0 Å². The molecule has 3 heterocycles. The van der Waals surface area contributed by atoms with Crippen LogP contribution in [0.4, 0.5) is 0 Å². The van der Waals surface area contributed by atoms with Crippen molar-refractivity contribution < 1.29 is 0 Å². The van der Waals surface area contributed by atoms with Gasteiger partial charge in [0.05, 0.1) is 0 Å². The molecule has 0 aliphatic carbocycles. The third-order valence-corrected chi connectivity index (χ3v) is 4.46. The first-order chi connectivity index (χ1) is 8.83. The summed E-state index contributed by atoms with van der Waals surface area (Å²) in [5.74, 6) is 0. The van der Waals surface area contributed by atoms with Crippen molar-refractivity contribution >= 4 is 0 Å². The summed E-state index contributed by atoms with van der Waals surface area (Å²) in [6.07, 6.45) is 8.13. The molecule has 1 aromatic heterocycles. The zero-order chi connectivity index (χ0) is 12.4. The fraction of sp³-hybridized carbons (Fsp3) is 0.667. The van der Waals surface area contributed by atoms with Gasteiger partial charge in [0.15, 0.2) is 0 Å². The van der Waals surface area contributed by atoms with Crippen LogP contribution in [0.15, 0.2) is 18.5 Å². The second kappa shape index (κ2) is 5.37. The molecule has 1 atom stereocenters. The van der Waals surface area contributed by atoms with E-state index in [9.17, 15) is 0 Å². The quantitative estimate of drug-likeness (QED) is 0.795. The Balaban J connectivity index is 1.63. The van der Waals surface area contributed by atoms with Gasteiger partial charge in [-0.2, -0.15) is 0 Å². The van der Waals surface area contributed by atoms with Crippen molar-refractivity contribution in [3.63, 3.8) is 0 Å². The lowest BCUT2D eigenvalue weighted by Crippen LogP contribution is -2.54. The van der Waals surface area contributed by atoms with Crippen LogP contribution in [0.3, 0.4) is 0 Å². The van der Waals surface area contributed by atoms with E-state index >= 15 is 0 Å². The van der Waals surface area contributed by atoms with E-state index in [-0.39, 0.29) is 0 Å². The van der Waals surface area contributed by atoms with Gasteiger partial charge < -0.3 is 0 Å². The van der Waals surface area contributed by atoms with E-state index in [0.29, 0.717) is 0 Å². The Hall–Kier alpha value is -0.930. The second-order valence-electron chi connectivity index (χ2n) is 5.72. The highest BCUT2D eigenvalue weighted by Gasteiger charge is 2.28. The van der Waals surface area contributed by atoms with Crippen LogP contribution >= 0.6 is 0 Å². The molecule has 2 fully saturated rings. The van der Waals surface area contributed by atoms with Gasteiger partial charge in [0.1, 0.15) is 0 Å². The second-order valence-corrected chi connectivity index (χ2v) is 5.72. The van der Waals surface area contributed by atoms with E-state index in [0.717, 1.165) is 12.6 Å². The Morgan fingerprint density at radius 2 is 2.22 bits per heavy atom. The predicted molar refractivity (Wildman–Crippen MR) is 73.5 cm³/mol. The van der Waals surface area contributed by atoms with Crippen LogP contribution in [0.1, 0.15) is 30.4 Å². The largest absolute Gasteiger partial charge is 0.298 e. The maximum atomic E-state index is 4.26. The minimum atomic E-state index is 0.810. The lowest BCUT2D eigenvalue weighted by atomic mass is 9.99. The molecule has 1 unspecified atom stereocenters. The average Bonchev–Trinajstić information content (AvgIpc) is 2.41. The highest BCUT2D eigenvalue weighted by Crippen LogP contribution is 2.22. The molecule has 0 amide bonds. The molecule has 0 N–H and O–H groups in total. The highest BCUT2D eigenvalue weighted by atomic mass is 15.3. The summed E-state index contributed by atoms with van der Waals surface area (Å²) >= 11 is 0. The average molecular weight is 245 g/mol. The molecule has 0 spiro atoms. The van der Waals surface area contributed by atoms with Crippen molar-refractivity contribution in [2.45, 2.75) is 38.8 Å². The first kappa shape index (κ1) is 12.1. The molecule has 2 saturated heterocycles. The molecule has 2 aliphatic heterocycles. The van der Waals surface area contributed by atoms with Gasteiger partial charge in [0.25, 0.3) is 0 Å². The van der Waals surface area contributed by atoms with Gasteiger partial charge in [0.2, 0.25) is 0 Å². The van der Waals surface area contributed by atoms with Gasteiger partial charge >= 0.3 is 0 Å². The number of hydrogen-bond acceptors (Lipinski definition) is 3. The van der Waals surface area contributed by atoms with Crippen molar-refractivity contribution in [2.75, 3.05) is 26.2 Å². The Kier molecular flexibility index (Phi) is 3.62. The Morgan fingerprint density at radius 1 is 1.28 bits per heavy atom. The third kappa shape index (κ3) is 2.57. The van der Waals surface area contributed by atoms with E-state index in [2.05, 4.69) is 27.8 Å². The van der Waals surface area contributed by atoms with Crippen LogP contribution in [0, 0.1) is 6.92 Å². The maximum absolute atomic E-state index is 4.26. The number of piperidine rings is 1. The number of aryl methyl sites for hydroxylation is 1. The molecule has 1 aromatic rings. The number of piperazine rings is 1. The monoisotopic (exact) mass is 245 g/mol. The molecular formula is C15H23N3. The Morgan fingerprint density at radius 3 is 3.11 bits per heavy atom. The third-order valence-electron chi connectivity index (χ3n) is 4.46. The fourth-order valence-corrected chi connectivity index (χ4v) is 3.27. The lowest BCUT2D eigenvalue weighted by Gasteiger charge is -2.44. The van der Waals surface area contributed by atoms with Crippen molar-refractivity contribution in [1.82, 2.24) is 14.8 Å². The topological polar surface area (TPSA) is 19.4 Å². The molecule has 0 radical (unpaired) electrons. The molecule has 98 valence electrons. The molecule has 18 heavy (non-hydrogen) atoms. The van der Waals surface area contributed by atoms with E-state index in [4.69, 9.17) is 0 Å². The first-order valence-electron chi connectivity index (χ1n) is 7.19. The summed E-state index contributed by atoms with van der Waals surface area (Å²) in [5.41, 5.74) is 2.76. The van der Waals surface area contributed by atoms with Gasteiger partial charge in [0, 0.05) is 44.6 Å². The summed E-state index contributed by atoms with van der Waals surface area (Å²) in [6.45, 7) is 8.30. The van der Waals surface area contributed by atoms with Crippen molar-refractivity contribution in [1.29, 1.82) is 0 Å². The van der Waals surface area contributed by atoms with Crippen LogP contribution in [0.2, 0.25) is 0 Å². The molecule has 0 bridgehead atoms. The highest BCUT2D eigenvalue weighted by molar-refractivity contribution is 5.21. The van der Waals surface area contributed by atoms with E-state index < -0.39 is 0 Å². The molecule has 3 nitrogen and oxygen atoms in total. The molecular weight excluding hydrogens is 222 g/mol. The van der Waals surface area contributed by atoms with Gasteiger partial charge in [-0.05, 0) is 43.5 Å². The van der Waals surface area contributed by atoms with Crippen LogP contribution in [0.5, 0.6) is 0 Å². The van der Waals surface area contributed by atoms with Crippen LogP contribution < -0.4 is 0 Å². The molecule has 3 heteroatoms. The number of pyridine rings is 1. The molecule has 2 aliphatic rings. The Labute approximate surface area is 110 Å². The zero-order valence-corrected chi connectivity index (χ0v) is 11.3. The summed E-state index contributed by atoms with van der Waals surface area (Å²) < 4.78 is 0. The van der Waals surface area contributed by atoms with Gasteiger partial charge in [-0.25, -0.2) is 0 Å². The lowest BCUT2D eigenvalue weighted by molar-refractivity contribution is 0.0455. The van der Waals surface area contributed by atoms with Crippen LogP contribution in [0.25, 0.3) is 0 Å². The van der Waals surface area contributed by atoms with Gasteiger partial charge in [-0.3, -0.25) is 14.8 Å². The van der Waals surface area contributed by atoms with Gasteiger partial charge in [-0.15, -0.1) is 0 Å². The smallest absolute Gasteiger partial charge is 0.0315 e. The fourth-order valence-electron chi connectivity index (χ4n) is 3.27. The summed E-state index contributed by atoms with van der Waals surface area (Å²) in [7, 11) is 0. The number of rotatable bonds is 2. The van der Waals surface area contributed by atoms with E-state index in [1.165, 1.54) is 56.6 Å². The van der Waals surface area contributed by atoms with Crippen molar-refractivity contribution in [3.8, 4) is 0 Å². The summed E-state index contributed by atoms with van der Waals surface area (Å²) in [4.78, 5) is 9.55. The van der Waals surface area contributed by atoms with Gasteiger partial charge in [-0.1, -0.05) is 6.42 Å². The van der Waals surface area contributed by atoms with Crippen LogP contribution in [-0.4, -0.2) is 47.0 Å². The van der Waals surface area contributed by atoms with E-state index in [1.54, 1.807) is 0 Å². The number of aromatic nitrogens is 1. The Bertz CT molecular complexity index is 404. The zero-order valence-electron chi connectivity index (χ0n) is 11.3. The predicted octanol–water partition coefficient (Wildman–Crippen LogP) is 2.06. The SMILES string of the molecule is Cc1ccncc1CN1CCN2CCCCC2C1. The molecule has 3 rings (SSSR count). The summed E-state index contributed by atoms with van der Waals surface area (Å²) in [6, 6.07) is 2.93. The first-order valence-corrected chi connectivity index (χ1v) is 7.19. The summed E-state index contributed by atoms with van der Waals surface area (Å²) in [5, 5.41) is 0. The maximum Gasteiger partial charge on any atom is 0.0315 e. The normalized spacial score (nSPS) is 25.9. The van der Waals surface area contributed by atoms with Crippen LogP contribution in [-0.2, 0) is 6.54 Å². The number of hydrogen-bond donors (Lipinski definition) is 0. The van der Waals surface area contributed by atoms with Crippen molar-refractivity contribution in [3.05, 3.63) is 29.6 Å². The standard InChI is InChI=1S/C15H23N3/c1-13-5-6-16-10-14(13)11-17-8-9-18-7-3-2-4-15(18)12-17/h5-6,10,15H,2-4,7-9,11-12H2,1H3. The number of nitrogens with zero attached hydrogens (tertiary/aromatic N) is 3. The molecule has 0 saturated carbocycles. The minimum Gasteiger partial charge on any atom is -0.298 e. The number of fused-ring (bicyclic) bond motifs is 1.